The topological polar surface area (TPSA) is 107 Å². The Balaban J connectivity index is 1.97. The summed E-state index contributed by atoms with van der Waals surface area (Å²) in [5.74, 6) is -1.56. The number of ketones is 1. The van der Waals surface area contributed by atoms with Crippen LogP contribution < -0.4 is 0 Å². The third-order valence-corrected chi connectivity index (χ3v) is 3.06. The second-order valence-electron chi connectivity index (χ2n) is 4.65. The molecule has 1 atom stereocenters. The third-order valence-electron chi connectivity index (χ3n) is 3.06. The van der Waals surface area contributed by atoms with Crippen LogP contribution in [0.5, 0.6) is 0 Å². The zero-order valence-corrected chi connectivity index (χ0v) is 11.9. The van der Waals surface area contributed by atoms with E-state index in [0.29, 0.717) is 5.56 Å². The molecule has 0 heterocycles. The van der Waals surface area contributed by atoms with Crippen LogP contribution in [0.25, 0.3) is 0 Å². The minimum atomic E-state index is -1.49. The summed E-state index contributed by atoms with van der Waals surface area (Å²) in [6, 6.07) is 13.2. The molecule has 0 amide bonds. The van der Waals surface area contributed by atoms with E-state index in [1.807, 2.05) is 0 Å². The number of Topliss-reactive ketones (excluding diaryl/α,β-unsaturated/α-hetero) is 1. The molecule has 7 nitrogen and oxygen atoms in total. The standard InChI is InChI=1S/C16H13NO6/c18-14(12-7-4-8-13(9-12)17(21)22)10-23-16(20)15(19)11-5-2-1-3-6-11/h1-9,15,19H,10H2. The number of hydrogen-bond donors (Lipinski definition) is 1. The molecule has 0 spiro atoms. The Morgan fingerprint density at radius 3 is 2.48 bits per heavy atom. The van der Waals surface area contributed by atoms with Gasteiger partial charge in [-0.1, -0.05) is 42.5 Å². The van der Waals surface area contributed by atoms with Crippen LogP contribution in [0.2, 0.25) is 0 Å². The molecule has 0 fully saturated rings. The average Bonchev–Trinajstić information content (AvgIpc) is 2.59. The van der Waals surface area contributed by atoms with Crippen LogP contribution in [-0.4, -0.2) is 28.4 Å². The maximum atomic E-state index is 11.9. The summed E-state index contributed by atoms with van der Waals surface area (Å²) >= 11 is 0. The zero-order chi connectivity index (χ0) is 16.8. The van der Waals surface area contributed by atoms with Crippen LogP contribution in [0.1, 0.15) is 22.0 Å². The molecule has 0 aliphatic rings. The fraction of sp³-hybridized carbons (Fsp3) is 0.125. The molecule has 2 aromatic carbocycles. The number of carbonyl (C=O) groups excluding carboxylic acids is 2. The van der Waals surface area contributed by atoms with Gasteiger partial charge in [0.1, 0.15) is 0 Å². The van der Waals surface area contributed by atoms with Crippen molar-refractivity contribution in [3.8, 4) is 0 Å². The number of benzene rings is 2. The number of nitro groups is 1. The molecule has 0 aliphatic heterocycles. The highest BCUT2D eigenvalue weighted by molar-refractivity contribution is 5.98. The molecular formula is C16H13NO6. The van der Waals surface area contributed by atoms with E-state index >= 15 is 0 Å². The lowest BCUT2D eigenvalue weighted by Crippen LogP contribution is -2.20. The minimum Gasteiger partial charge on any atom is -0.455 e. The van der Waals surface area contributed by atoms with Gasteiger partial charge in [-0.15, -0.1) is 0 Å². The van der Waals surface area contributed by atoms with Crippen LogP contribution in [0.4, 0.5) is 5.69 Å². The van der Waals surface area contributed by atoms with Crippen LogP contribution in [0, 0.1) is 10.1 Å². The number of nitrogens with zero attached hydrogens (tertiary/aromatic N) is 1. The second-order valence-corrected chi connectivity index (χ2v) is 4.65. The Kier molecular flexibility index (Phi) is 5.16. The first-order chi connectivity index (χ1) is 11.0. The van der Waals surface area contributed by atoms with Gasteiger partial charge in [-0.05, 0) is 5.56 Å². The molecule has 0 aromatic heterocycles. The predicted octanol–water partition coefficient (Wildman–Crippen LogP) is 2.05. The van der Waals surface area contributed by atoms with Gasteiger partial charge in [0.15, 0.2) is 12.7 Å². The number of aliphatic hydroxyl groups excluding tert-OH is 1. The van der Waals surface area contributed by atoms with Crippen molar-refractivity contribution in [2.75, 3.05) is 6.61 Å². The highest BCUT2D eigenvalue weighted by Gasteiger charge is 2.20. The number of ether oxygens (including phenoxy) is 1. The largest absolute Gasteiger partial charge is 0.455 e. The zero-order valence-electron chi connectivity index (χ0n) is 11.9. The number of hydrogen-bond acceptors (Lipinski definition) is 6. The summed E-state index contributed by atoms with van der Waals surface area (Å²) < 4.78 is 4.77. The Labute approximate surface area is 131 Å². The summed E-state index contributed by atoms with van der Waals surface area (Å²) in [7, 11) is 0. The summed E-state index contributed by atoms with van der Waals surface area (Å²) in [5, 5.41) is 20.5. The van der Waals surface area contributed by atoms with Gasteiger partial charge in [0.05, 0.1) is 4.92 Å². The van der Waals surface area contributed by atoms with Gasteiger partial charge in [0.2, 0.25) is 5.78 Å². The van der Waals surface area contributed by atoms with E-state index in [1.165, 1.54) is 18.2 Å². The Morgan fingerprint density at radius 2 is 1.83 bits per heavy atom. The van der Waals surface area contributed by atoms with Gasteiger partial charge in [-0.25, -0.2) is 4.79 Å². The Bertz CT molecular complexity index is 728. The predicted molar refractivity (Wildman–Crippen MR) is 79.8 cm³/mol. The first kappa shape index (κ1) is 16.3. The number of non-ortho nitro benzene ring substituents is 1. The van der Waals surface area contributed by atoms with Crippen LogP contribution >= 0.6 is 0 Å². The molecule has 23 heavy (non-hydrogen) atoms. The lowest BCUT2D eigenvalue weighted by atomic mass is 10.1. The van der Waals surface area contributed by atoms with E-state index in [4.69, 9.17) is 4.74 Å². The maximum absolute atomic E-state index is 11.9. The number of aliphatic hydroxyl groups is 1. The minimum absolute atomic E-state index is 0.0567. The van der Waals surface area contributed by atoms with Gasteiger partial charge >= 0.3 is 5.97 Å². The molecule has 118 valence electrons. The fourth-order valence-electron chi connectivity index (χ4n) is 1.86. The molecule has 1 unspecified atom stereocenters. The monoisotopic (exact) mass is 315 g/mol. The molecule has 0 aliphatic carbocycles. The smallest absolute Gasteiger partial charge is 0.340 e. The van der Waals surface area contributed by atoms with Crippen molar-refractivity contribution in [3.05, 3.63) is 75.8 Å². The summed E-state index contributed by atoms with van der Waals surface area (Å²) in [4.78, 5) is 33.7. The van der Waals surface area contributed by atoms with Gasteiger partial charge in [-0.2, -0.15) is 0 Å². The molecule has 1 N–H and O–H groups in total. The first-order valence-electron chi connectivity index (χ1n) is 6.66. The van der Waals surface area contributed by atoms with Crippen molar-refractivity contribution < 1.29 is 24.4 Å². The molecule has 2 rings (SSSR count). The van der Waals surface area contributed by atoms with Crippen molar-refractivity contribution in [3.63, 3.8) is 0 Å². The Hall–Kier alpha value is -3.06. The van der Waals surface area contributed by atoms with E-state index in [-0.39, 0.29) is 11.3 Å². The van der Waals surface area contributed by atoms with Gasteiger partial charge in [0.25, 0.3) is 5.69 Å². The third kappa shape index (κ3) is 4.21. The average molecular weight is 315 g/mol. The number of esters is 1. The van der Waals surface area contributed by atoms with E-state index in [2.05, 4.69) is 0 Å². The van der Waals surface area contributed by atoms with E-state index in [0.717, 1.165) is 6.07 Å². The number of rotatable bonds is 6. The van der Waals surface area contributed by atoms with Crippen LogP contribution in [-0.2, 0) is 9.53 Å². The number of nitro benzene ring substituents is 1. The summed E-state index contributed by atoms with van der Waals surface area (Å²) in [6.07, 6.45) is -1.49. The quantitative estimate of drug-likeness (QED) is 0.378. The molecule has 0 saturated carbocycles. The molecule has 0 radical (unpaired) electrons. The SMILES string of the molecule is O=C(COC(=O)C(O)c1ccccc1)c1cccc([N+](=O)[O-])c1. The van der Waals surface area contributed by atoms with E-state index < -0.39 is 29.4 Å². The molecule has 0 saturated heterocycles. The number of carbonyl (C=O) groups is 2. The lowest BCUT2D eigenvalue weighted by molar-refractivity contribution is -0.384. The molecular weight excluding hydrogens is 302 g/mol. The van der Waals surface area contributed by atoms with Crippen molar-refractivity contribution in [1.29, 1.82) is 0 Å². The first-order valence-corrected chi connectivity index (χ1v) is 6.66. The van der Waals surface area contributed by atoms with Gasteiger partial charge < -0.3 is 9.84 Å². The van der Waals surface area contributed by atoms with Gasteiger partial charge in [-0.3, -0.25) is 14.9 Å². The molecule has 7 heteroatoms. The van der Waals surface area contributed by atoms with E-state index in [1.54, 1.807) is 30.3 Å². The highest BCUT2D eigenvalue weighted by atomic mass is 16.6. The second kappa shape index (κ2) is 7.28. The van der Waals surface area contributed by atoms with Crippen molar-refractivity contribution >= 4 is 17.4 Å². The van der Waals surface area contributed by atoms with Crippen molar-refractivity contribution in [2.24, 2.45) is 0 Å². The summed E-state index contributed by atoms with van der Waals surface area (Å²) in [6.45, 7) is -0.607. The van der Waals surface area contributed by atoms with Crippen LogP contribution in [0.15, 0.2) is 54.6 Å². The lowest BCUT2D eigenvalue weighted by Gasteiger charge is -2.10. The van der Waals surface area contributed by atoms with Crippen molar-refractivity contribution in [1.82, 2.24) is 0 Å². The molecule has 2 aromatic rings. The van der Waals surface area contributed by atoms with Gasteiger partial charge in [0, 0.05) is 17.7 Å². The van der Waals surface area contributed by atoms with Crippen LogP contribution in [0.3, 0.4) is 0 Å². The fourth-order valence-corrected chi connectivity index (χ4v) is 1.86. The van der Waals surface area contributed by atoms with E-state index in [9.17, 15) is 24.8 Å². The normalized spacial score (nSPS) is 11.5. The Morgan fingerprint density at radius 1 is 1.13 bits per heavy atom. The van der Waals surface area contributed by atoms with Crippen molar-refractivity contribution in [2.45, 2.75) is 6.10 Å². The highest BCUT2D eigenvalue weighted by Crippen LogP contribution is 2.16. The molecule has 0 bridgehead atoms. The maximum Gasteiger partial charge on any atom is 0.340 e. The summed E-state index contributed by atoms with van der Waals surface area (Å²) in [5.41, 5.74) is 0.174.